The third-order valence-electron chi connectivity index (χ3n) is 4.91. The fourth-order valence-corrected chi connectivity index (χ4v) is 4.68. The fourth-order valence-electron chi connectivity index (χ4n) is 3.40. The van der Waals surface area contributed by atoms with Crippen LogP contribution in [0.1, 0.15) is 18.6 Å². The smallest absolute Gasteiger partial charge is 0.240 e. The van der Waals surface area contributed by atoms with E-state index in [1.165, 1.54) is 0 Å². The van der Waals surface area contributed by atoms with Crippen LogP contribution in [0.3, 0.4) is 0 Å². The van der Waals surface area contributed by atoms with Crippen LogP contribution in [-0.4, -0.2) is 47.6 Å². The number of benzene rings is 1. The summed E-state index contributed by atoms with van der Waals surface area (Å²) in [5.41, 5.74) is 1.48. The maximum atomic E-state index is 12.7. The van der Waals surface area contributed by atoms with Gasteiger partial charge in [-0.05, 0) is 42.6 Å². The van der Waals surface area contributed by atoms with Crippen LogP contribution in [0.2, 0.25) is 0 Å². The third-order valence-corrected chi connectivity index (χ3v) is 6.50. The van der Waals surface area contributed by atoms with Crippen molar-refractivity contribution in [1.82, 2.24) is 25.0 Å². The van der Waals surface area contributed by atoms with Gasteiger partial charge in [0.2, 0.25) is 10.0 Å². The molecule has 2 atom stereocenters. The zero-order valence-corrected chi connectivity index (χ0v) is 18.5. The van der Waals surface area contributed by atoms with Gasteiger partial charge >= 0.3 is 0 Å². The van der Waals surface area contributed by atoms with Crippen molar-refractivity contribution in [2.45, 2.75) is 24.0 Å². The van der Waals surface area contributed by atoms with Crippen molar-refractivity contribution in [1.29, 1.82) is 0 Å². The minimum Gasteiger partial charge on any atom is -0.387 e. The van der Waals surface area contributed by atoms with E-state index in [0.29, 0.717) is 6.54 Å². The van der Waals surface area contributed by atoms with Gasteiger partial charge in [-0.25, -0.2) is 18.1 Å². The van der Waals surface area contributed by atoms with E-state index >= 15 is 0 Å². The maximum Gasteiger partial charge on any atom is 0.240 e. The van der Waals surface area contributed by atoms with Crippen LogP contribution < -0.4 is 10.0 Å². The Morgan fingerprint density at radius 2 is 1.97 bits per heavy atom. The average Bonchev–Trinajstić information content (AvgIpc) is 3.17. The highest BCUT2D eigenvalue weighted by Gasteiger charge is 2.18. The monoisotopic (exact) mass is 461 g/mol. The number of H-pyrrole nitrogens is 1. The molecule has 1 aromatic carbocycles. The van der Waals surface area contributed by atoms with Crippen molar-refractivity contribution < 1.29 is 13.5 Å². The molecule has 0 amide bonds. The van der Waals surface area contributed by atoms with E-state index in [-0.39, 0.29) is 29.9 Å². The summed E-state index contributed by atoms with van der Waals surface area (Å²) in [6.45, 7) is 2.43. The van der Waals surface area contributed by atoms with Gasteiger partial charge < -0.3 is 15.4 Å². The highest BCUT2D eigenvalue weighted by atomic mass is 35.5. The Morgan fingerprint density at radius 3 is 2.81 bits per heavy atom. The standard InChI is InChI=1S/C21H23N5O3S.ClH/c1-14(10-23-13-20(27)19-12-25-21-18(19)3-2-7-24-21)26-30(28,29)17-5-4-16-11-22-8-6-15(16)9-17;/h2-9,11-12,14,20,23,26-27H,10,13H2,1H3,(H,24,25);1H/t14-,20?;/m1./s1. The second kappa shape index (κ2) is 9.71. The largest absolute Gasteiger partial charge is 0.387 e. The molecule has 0 radical (unpaired) electrons. The Morgan fingerprint density at radius 1 is 1.13 bits per heavy atom. The lowest BCUT2D eigenvalue weighted by molar-refractivity contribution is 0.175. The van der Waals surface area contributed by atoms with Gasteiger partial charge in [0.1, 0.15) is 5.65 Å². The molecule has 0 saturated heterocycles. The Labute approximate surface area is 186 Å². The van der Waals surface area contributed by atoms with E-state index in [2.05, 4.69) is 25.0 Å². The molecule has 31 heavy (non-hydrogen) atoms. The molecule has 0 bridgehead atoms. The number of hydrogen-bond donors (Lipinski definition) is 4. The lowest BCUT2D eigenvalue weighted by Crippen LogP contribution is -2.40. The van der Waals surface area contributed by atoms with E-state index in [0.717, 1.165) is 27.4 Å². The molecule has 4 rings (SSSR count). The molecule has 4 aromatic rings. The second-order valence-corrected chi connectivity index (χ2v) is 8.94. The number of halogens is 1. The van der Waals surface area contributed by atoms with Gasteiger partial charge in [-0.2, -0.15) is 0 Å². The van der Waals surface area contributed by atoms with E-state index < -0.39 is 16.1 Å². The molecule has 3 heterocycles. The van der Waals surface area contributed by atoms with Crippen molar-refractivity contribution in [3.8, 4) is 0 Å². The number of pyridine rings is 2. The molecule has 0 fully saturated rings. The minimum atomic E-state index is -3.66. The Balaban J connectivity index is 0.00000272. The Hall–Kier alpha value is -2.56. The summed E-state index contributed by atoms with van der Waals surface area (Å²) in [6.07, 6.45) is 6.02. The quantitative estimate of drug-likeness (QED) is 0.320. The molecule has 0 saturated carbocycles. The van der Waals surface area contributed by atoms with Gasteiger partial charge in [-0.3, -0.25) is 4.98 Å². The van der Waals surface area contributed by atoms with Crippen molar-refractivity contribution in [3.63, 3.8) is 0 Å². The van der Waals surface area contributed by atoms with Crippen molar-refractivity contribution in [3.05, 3.63) is 66.7 Å². The minimum absolute atomic E-state index is 0. The second-order valence-electron chi connectivity index (χ2n) is 7.22. The first-order valence-electron chi connectivity index (χ1n) is 9.61. The summed E-state index contributed by atoms with van der Waals surface area (Å²) in [6, 6.07) is 10.1. The molecule has 0 spiro atoms. The third kappa shape index (κ3) is 5.20. The molecule has 164 valence electrons. The number of sulfonamides is 1. The lowest BCUT2D eigenvalue weighted by atomic mass is 10.1. The van der Waals surface area contributed by atoms with Crippen LogP contribution >= 0.6 is 12.4 Å². The van der Waals surface area contributed by atoms with Gasteiger partial charge in [0.05, 0.1) is 11.0 Å². The normalized spacial score (nSPS) is 13.7. The number of aromatic amines is 1. The summed E-state index contributed by atoms with van der Waals surface area (Å²) in [7, 11) is -3.66. The van der Waals surface area contributed by atoms with Crippen LogP contribution in [0.5, 0.6) is 0 Å². The summed E-state index contributed by atoms with van der Waals surface area (Å²) in [4.78, 5) is 11.5. The number of nitrogens with zero attached hydrogens (tertiary/aromatic N) is 2. The maximum absolute atomic E-state index is 12.7. The van der Waals surface area contributed by atoms with Gasteiger partial charge in [0.25, 0.3) is 0 Å². The molecule has 1 unspecified atom stereocenters. The molecular weight excluding hydrogens is 438 g/mol. The van der Waals surface area contributed by atoms with Crippen LogP contribution in [0.4, 0.5) is 0 Å². The van der Waals surface area contributed by atoms with Gasteiger partial charge in [0, 0.05) is 60.3 Å². The molecule has 4 N–H and O–H groups in total. The van der Waals surface area contributed by atoms with Crippen LogP contribution in [0, 0.1) is 0 Å². The number of aliphatic hydroxyl groups is 1. The molecule has 0 aliphatic carbocycles. The number of rotatable bonds is 8. The molecule has 0 aliphatic heterocycles. The zero-order chi connectivity index (χ0) is 21.1. The van der Waals surface area contributed by atoms with Crippen LogP contribution in [0.15, 0.2) is 66.1 Å². The number of nitrogens with one attached hydrogen (secondary N) is 3. The topological polar surface area (TPSA) is 120 Å². The van der Waals surface area contributed by atoms with E-state index in [4.69, 9.17) is 0 Å². The summed E-state index contributed by atoms with van der Waals surface area (Å²) in [5, 5.41) is 16.2. The Kier molecular flexibility index (Phi) is 7.24. The summed E-state index contributed by atoms with van der Waals surface area (Å²) >= 11 is 0. The average molecular weight is 462 g/mol. The fraction of sp³-hybridized carbons (Fsp3) is 0.238. The van der Waals surface area contributed by atoms with Gasteiger partial charge in [0.15, 0.2) is 0 Å². The SMILES string of the molecule is C[C@H](CNCC(O)c1c[nH]c2ncccc12)NS(=O)(=O)c1ccc2cnccc2c1.Cl. The molecular formula is C21H24ClN5O3S. The van der Waals surface area contributed by atoms with Crippen molar-refractivity contribution in [2.24, 2.45) is 0 Å². The summed E-state index contributed by atoms with van der Waals surface area (Å²) < 4.78 is 28.1. The van der Waals surface area contributed by atoms with Crippen molar-refractivity contribution in [2.75, 3.05) is 13.1 Å². The molecule has 8 nitrogen and oxygen atoms in total. The highest BCUT2D eigenvalue weighted by Crippen LogP contribution is 2.22. The predicted octanol–water partition coefficient (Wildman–Crippen LogP) is 2.52. The van der Waals surface area contributed by atoms with Crippen molar-refractivity contribution >= 4 is 44.2 Å². The van der Waals surface area contributed by atoms with E-state index in [1.807, 2.05) is 12.1 Å². The van der Waals surface area contributed by atoms with Gasteiger partial charge in [-0.1, -0.05) is 6.07 Å². The number of hydrogen-bond acceptors (Lipinski definition) is 6. The Bertz CT molecular complexity index is 1280. The first kappa shape index (κ1) is 23.1. The lowest BCUT2D eigenvalue weighted by Gasteiger charge is -2.17. The number of aliphatic hydroxyl groups excluding tert-OH is 1. The molecule has 0 aliphatic rings. The van der Waals surface area contributed by atoms with Gasteiger partial charge in [-0.15, -0.1) is 12.4 Å². The van der Waals surface area contributed by atoms with Crippen LogP contribution in [0.25, 0.3) is 21.8 Å². The number of fused-ring (bicyclic) bond motifs is 2. The van der Waals surface area contributed by atoms with E-state index in [9.17, 15) is 13.5 Å². The summed E-state index contributed by atoms with van der Waals surface area (Å²) in [5.74, 6) is 0. The number of aromatic nitrogens is 3. The first-order valence-corrected chi connectivity index (χ1v) is 11.1. The van der Waals surface area contributed by atoms with Crippen LogP contribution in [-0.2, 0) is 10.0 Å². The highest BCUT2D eigenvalue weighted by molar-refractivity contribution is 7.89. The first-order chi connectivity index (χ1) is 14.4. The predicted molar refractivity (Wildman–Crippen MR) is 123 cm³/mol. The molecule has 10 heteroatoms. The zero-order valence-electron chi connectivity index (χ0n) is 16.8. The molecule has 3 aromatic heterocycles. The van der Waals surface area contributed by atoms with E-state index in [1.54, 1.807) is 56.0 Å².